The van der Waals surface area contributed by atoms with Crippen molar-refractivity contribution in [2.75, 3.05) is 19.4 Å². The van der Waals surface area contributed by atoms with E-state index < -0.39 is 9.84 Å². The summed E-state index contributed by atoms with van der Waals surface area (Å²) < 4.78 is 23.3. The van der Waals surface area contributed by atoms with Crippen molar-refractivity contribution in [3.05, 3.63) is 65.2 Å². The van der Waals surface area contributed by atoms with Gasteiger partial charge in [-0.25, -0.2) is 8.42 Å². The third-order valence-electron chi connectivity index (χ3n) is 4.19. The van der Waals surface area contributed by atoms with Crippen molar-refractivity contribution < 1.29 is 18.3 Å². The second-order valence-corrected chi connectivity index (χ2v) is 8.45. The van der Waals surface area contributed by atoms with Crippen LogP contribution in [-0.2, 0) is 14.6 Å². The maximum Gasteiger partial charge on any atom is 0.252 e. The predicted molar refractivity (Wildman–Crippen MR) is 108 cm³/mol. The predicted octanol–water partition coefficient (Wildman–Crippen LogP) is 2.83. The smallest absolute Gasteiger partial charge is 0.252 e. The number of nitrogens with one attached hydrogen (secondary N) is 1. The molecule has 2 aromatic rings. The number of rotatable bonds is 7. The van der Waals surface area contributed by atoms with Crippen molar-refractivity contribution >= 4 is 26.9 Å². The normalized spacial score (nSPS) is 12.4. The van der Waals surface area contributed by atoms with E-state index in [-0.39, 0.29) is 17.4 Å². The zero-order valence-electron chi connectivity index (χ0n) is 15.8. The lowest BCUT2D eigenvalue weighted by molar-refractivity contribution is -0.115. The minimum atomic E-state index is -3.32. The molecule has 0 atom stereocenters. The summed E-state index contributed by atoms with van der Waals surface area (Å²) >= 11 is 0. The van der Waals surface area contributed by atoms with Gasteiger partial charge in [-0.1, -0.05) is 48.9 Å². The Bertz CT molecular complexity index is 927. The third-order valence-corrected chi connectivity index (χ3v) is 5.32. The average molecular weight is 388 g/mol. The molecular weight excluding hydrogens is 362 g/mol. The van der Waals surface area contributed by atoms with Crippen LogP contribution >= 0.6 is 0 Å². The number of aliphatic hydroxyl groups excluding tert-OH is 1. The van der Waals surface area contributed by atoms with Gasteiger partial charge in [0.15, 0.2) is 9.84 Å². The summed E-state index contributed by atoms with van der Waals surface area (Å²) in [6.07, 6.45) is 1.94. The van der Waals surface area contributed by atoms with Crippen molar-refractivity contribution in [1.29, 1.82) is 0 Å². The van der Waals surface area contributed by atoms with Crippen LogP contribution in [0.2, 0.25) is 0 Å². The maximum absolute atomic E-state index is 12.8. The number of aryl methyl sites for hydroxylation is 1. The van der Waals surface area contributed by atoms with Crippen LogP contribution in [0.5, 0.6) is 0 Å². The van der Waals surface area contributed by atoms with E-state index in [2.05, 4.69) is 5.32 Å². The second kappa shape index (κ2) is 8.97. The first-order chi connectivity index (χ1) is 12.8. The number of amides is 1. The third kappa shape index (κ3) is 5.28. The molecule has 27 heavy (non-hydrogen) atoms. The molecule has 0 saturated carbocycles. The van der Waals surface area contributed by atoms with Gasteiger partial charge >= 0.3 is 0 Å². The Balaban J connectivity index is 2.61. The van der Waals surface area contributed by atoms with Crippen LogP contribution in [0.1, 0.15) is 30.0 Å². The second-order valence-electron chi connectivity index (χ2n) is 6.43. The number of carbonyl (C=O) groups is 1. The van der Waals surface area contributed by atoms with E-state index in [0.717, 1.165) is 18.2 Å². The van der Waals surface area contributed by atoms with Gasteiger partial charge in [0, 0.05) is 12.8 Å². The quantitative estimate of drug-likeness (QED) is 0.565. The lowest BCUT2D eigenvalue weighted by Gasteiger charge is -2.15. The molecule has 0 aliphatic heterocycles. The number of hydrogen-bond acceptors (Lipinski definition) is 4. The highest BCUT2D eigenvalue weighted by Gasteiger charge is 2.19. The van der Waals surface area contributed by atoms with Crippen molar-refractivity contribution in [3.63, 3.8) is 0 Å². The molecule has 2 rings (SSSR count). The first-order valence-electron chi connectivity index (χ1n) is 8.77. The van der Waals surface area contributed by atoms with Crippen molar-refractivity contribution in [2.45, 2.75) is 25.2 Å². The maximum atomic E-state index is 12.8. The Morgan fingerprint density at radius 1 is 1.00 bits per heavy atom. The molecular formula is C21H25NO4S. The fourth-order valence-corrected chi connectivity index (χ4v) is 3.34. The lowest BCUT2D eigenvalue weighted by atomic mass is 9.94. The van der Waals surface area contributed by atoms with Gasteiger partial charge in [-0.3, -0.25) is 4.79 Å². The summed E-state index contributed by atoms with van der Waals surface area (Å²) in [4.78, 5) is 13.0. The first-order valence-corrected chi connectivity index (χ1v) is 10.7. The van der Waals surface area contributed by atoms with E-state index >= 15 is 0 Å². The van der Waals surface area contributed by atoms with Gasteiger partial charge in [-0.15, -0.1) is 0 Å². The van der Waals surface area contributed by atoms with Gasteiger partial charge < -0.3 is 10.4 Å². The summed E-state index contributed by atoms with van der Waals surface area (Å²) in [6, 6.07) is 13.7. The molecule has 6 heteroatoms. The molecule has 2 aromatic carbocycles. The van der Waals surface area contributed by atoms with Crippen LogP contribution < -0.4 is 5.32 Å². The first kappa shape index (κ1) is 20.9. The van der Waals surface area contributed by atoms with Gasteiger partial charge in [0.1, 0.15) is 0 Å². The summed E-state index contributed by atoms with van der Waals surface area (Å²) in [7, 11) is -3.32. The fourth-order valence-electron chi connectivity index (χ4n) is 2.71. The zero-order valence-corrected chi connectivity index (χ0v) is 16.6. The molecule has 0 aliphatic carbocycles. The minimum absolute atomic E-state index is 0.191. The number of sulfone groups is 1. The van der Waals surface area contributed by atoms with Gasteiger partial charge in [0.2, 0.25) is 0 Å². The summed E-state index contributed by atoms with van der Waals surface area (Å²) in [5, 5.41) is 12.9. The molecule has 144 valence electrons. The Hall–Kier alpha value is -2.44. The number of carbonyl (C=O) groups excluding carboxylic acids is 1. The van der Waals surface area contributed by atoms with E-state index in [1.54, 1.807) is 12.1 Å². The monoisotopic (exact) mass is 387 g/mol. The van der Waals surface area contributed by atoms with Crippen molar-refractivity contribution in [1.82, 2.24) is 5.32 Å². The summed E-state index contributed by atoms with van der Waals surface area (Å²) in [5.41, 5.74) is 3.21. The molecule has 0 bridgehead atoms. The minimum Gasteiger partial charge on any atom is -0.392 e. The highest BCUT2D eigenvalue weighted by Crippen LogP contribution is 2.27. The van der Waals surface area contributed by atoms with E-state index in [4.69, 9.17) is 0 Å². The van der Waals surface area contributed by atoms with Crippen LogP contribution in [0, 0.1) is 6.92 Å². The van der Waals surface area contributed by atoms with Gasteiger partial charge in [0.05, 0.1) is 17.1 Å². The van der Waals surface area contributed by atoms with Gasteiger partial charge in [-0.05, 0) is 42.2 Å². The van der Waals surface area contributed by atoms with Crippen molar-refractivity contribution in [2.24, 2.45) is 0 Å². The van der Waals surface area contributed by atoms with Crippen LogP contribution in [0.4, 0.5) is 0 Å². The number of aliphatic hydroxyl groups is 1. The Labute approximate surface area is 160 Å². The molecule has 0 aromatic heterocycles. The van der Waals surface area contributed by atoms with E-state index in [1.165, 1.54) is 12.1 Å². The molecule has 5 nitrogen and oxygen atoms in total. The van der Waals surface area contributed by atoms with E-state index in [9.17, 15) is 18.3 Å². The van der Waals surface area contributed by atoms with Gasteiger partial charge in [-0.2, -0.15) is 0 Å². The van der Waals surface area contributed by atoms with Gasteiger partial charge in [0.25, 0.3) is 5.91 Å². The van der Waals surface area contributed by atoms with Crippen LogP contribution in [0.15, 0.2) is 53.4 Å². The summed E-state index contributed by atoms with van der Waals surface area (Å²) in [6.45, 7) is 4.11. The molecule has 0 spiro atoms. The van der Waals surface area contributed by atoms with Crippen LogP contribution in [0.3, 0.4) is 0 Å². The van der Waals surface area contributed by atoms with E-state index in [0.29, 0.717) is 28.8 Å². The molecule has 1 amide bonds. The average Bonchev–Trinajstić information content (AvgIpc) is 2.64. The highest BCUT2D eigenvalue weighted by atomic mass is 32.2. The Morgan fingerprint density at radius 3 is 2.04 bits per heavy atom. The largest absolute Gasteiger partial charge is 0.392 e. The zero-order chi connectivity index (χ0) is 20.0. The van der Waals surface area contributed by atoms with Crippen LogP contribution in [0.25, 0.3) is 11.1 Å². The highest BCUT2D eigenvalue weighted by molar-refractivity contribution is 7.90. The molecule has 0 unspecified atom stereocenters. The summed E-state index contributed by atoms with van der Waals surface area (Å²) in [5.74, 6) is -0.267. The molecule has 0 fully saturated rings. The Kier molecular flexibility index (Phi) is 6.93. The topological polar surface area (TPSA) is 83.5 Å². The molecule has 0 aliphatic rings. The number of benzene rings is 2. The Morgan fingerprint density at radius 2 is 1.56 bits per heavy atom. The standard InChI is InChI=1S/C21H25NO4S/c1-4-13-22-21(24)20(17-7-5-15(2)6-8-17)19(14-23)16-9-11-18(12-10-16)27(3,25)26/h5-12,23H,4,13-14H2,1-3H3,(H,22,24). The molecule has 0 radical (unpaired) electrons. The molecule has 2 N–H and O–H groups in total. The fraction of sp³-hybridized carbons (Fsp3) is 0.286. The molecule has 0 saturated heterocycles. The number of hydrogen-bond donors (Lipinski definition) is 2. The van der Waals surface area contributed by atoms with Crippen LogP contribution in [-0.4, -0.2) is 38.8 Å². The van der Waals surface area contributed by atoms with E-state index in [1.807, 2.05) is 38.1 Å². The van der Waals surface area contributed by atoms with Crippen molar-refractivity contribution in [3.8, 4) is 0 Å². The molecule has 0 heterocycles. The SMILES string of the molecule is CCCNC(=O)C(=C(CO)c1ccc(S(C)(=O)=O)cc1)c1ccc(C)cc1. The lowest BCUT2D eigenvalue weighted by Crippen LogP contribution is -2.26.